The van der Waals surface area contributed by atoms with Gasteiger partial charge < -0.3 is 10.6 Å². The Bertz CT molecular complexity index is 555. The molecule has 2 aromatic rings. The number of hydrogen-bond donors (Lipinski definition) is 1. The normalized spacial score (nSPS) is 12.2. The zero-order valence-corrected chi connectivity index (χ0v) is 12.6. The Labute approximate surface area is 125 Å². The molecule has 3 nitrogen and oxygen atoms in total. The van der Waals surface area contributed by atoms with Gasteiger partial charge in [0.1, 0.15) is 0 Å². The van der Waals surface area contributed by atoms with Crippen molar-refractivity contribution in [3.63, 3.8) is 0 Å². The molecule has 20 heavy (non-hydrogen) atoms. The van der Waals surface area contributed by atoms with Crippen LogP contribution in [-0.4, -0.2) is 18.1 Å². The van der Waals surface area contributed by atoms with Crippen molar-refractivity contribution in [1.82, 2.24) is 4.98 Å². The molecule has 2 N–H and O–H groups in total. The van der Waals surface area contributed by atoms with E-state index in [4.69, 9.17) is 17.3 Å². The minimum absolute atomic E-state index is 0.118. The third-order valence-electron chi connectivity index (χ3n) is 3.19. The molecular weight excluding hydrogens is 270 g/mol. The summed E-state index contributed by atoms with van der Waals surface area (Å²) in [5.74, 6) is 0. The Kier molecular flexibility index (Phi) is 4.99. The van der Waals surface area contributed by atoms with E-state index in [-0.39, 0.29) is 6.04 Å². The van der Waals surface area contributed by atoms with Crippen molar-refractivity contribution in [1.29, 1.82) is 0 Å². The fraction of sp³-hybridized carbons (Fsp3) is 0.312. The van der Waals surface area contributed by atoms with E-state index in [0.717, 1.165) is 29.2 Å². The molecule has 1 atom stereocenters. The van der Waals surface area contributed by atoms with Crippen LogP contribution in [0.4, 0.5) is 5.69 Å². The molecule has 0 saturated heterocycles. The first-order valence-corrected chi connectivity index (χ1v) is 7.08. The van der Waals surface area contributed by atoms with E-state index in [9.17, 15) is 0 Å². The molecule has 1 heterocycles. The first kappa shape index (κ1) is 14.8. The summed E-state index contributed by atoms with van der Waals surface area (Å²) in [6, 6.07) is 10.3. The van der Waals surface area contributed by atoms with Crippen LogP contribution in [0.2, 0.25) is 5.02 Å². The molecule has 0 fully saturated rings. The van der Waals surface area contributed by atoms with Gasteiger partial charge in [0.25, 0.3) is 0 Å². The van der Waals surface area contributed by atoms with Crippen LogP contribution in [-0.2, 0) is 13.0 Å². The Hall–Kier alpha value is -1.58. The smallest absolute Gasteiger partial charge is 0.0459 e. The van der Waals surface area contributed by atoms with Gasteiger partial charge in [-0.2, -0.15) is 0 Å². The van der Waals surface area contributed by atoms with Crippen molar-refractivity contribution in [3.8, 4) is 0 Å². The minimum atomic E-state index is 0.118. The molecule has 2 rings (SSSR count). The van der Waals surface area contributed by atoms with E-state index < -0.39 is 0 Å². The number of hydrogen-bond acceptors (Lipinski definition) is 3. The molecule has 0 bridgehead atoms. The molecule has 0 saturated carbocycles. The van der Waals surface area contributed by atoms with Crippen molar-refractivity contribution in [2.45, 2.75) is 25.9 Å². The highest BCUT2D eigenvalue weighted by Gasteiger charge is 2.07. The number of nitrogens with zero attached hydrogens (tertiary/aromatic N) is 2. The summed E-state index contributed by atoms with van der Waals surface area (Å²) in [5, 5.41) is 0.779. The topological polar surface area (TPSA) is 42.1 Å². The molecule has 0 amide bonds. The Morgan fingerprint density at radius 2 is 1.95 bits per heavy atom. The van der Waals surface area contributed by atoms with E-state index in [1.807, 2.05) is 37.5 Å². The van der Waals surface area contributed by atoms with E-state index in [1.54, 1.807) is 0 Å². The maximum atomic E-state index is 6.33. The van der Waals surface area contributed by atoms with Gasteiger partial charge in [0.15, 0.2) is 0 Å². The van der Waals surface area contributed by atoms with Crippen LogP contribution in [0.3, 0.4) is 0 Å². The van der Waals surface area contributed by atoms with Gasteiger partial charge in [-0.3, -0.25) is 4.98 Å². The van der Waals surface area contributed by atoms with Gasteiger partial charge in [0.05, 0.1) is 0 Å². The van der Waals surface area contributed by atoms with Crippen LogP contribution in [0.5, 0.6) is 0 Å². The van der Waals surface area contributed by atoms with Crippen LogP contribution in [0, 0.1) is 0 Å². The van der Waals surface area contributed by atoms with Gasteiger partial charge in [-0.15, -0.1) is 0 Å². The standard InChI is InChI=1S/C16H20ClN3/c1-12(18)9-14-3-4-15(10-16(14)17)20(2)11-13-5-7-19-8-6-13/h3-8,10,12H,9,11,18H2,1-2H3. The third-order valence-corrected chi connectivity index (χ3v) is 3.54. The van der Waals surface area contributed by atoms with Crippen molar-refractivity contribution < 1.29 is 0 Å². The van der Waals surface area contributed by atoms with Crippen LogP contribution >= 0.6 is 11.6 Å². The second-order valence-electron chi connectivity index (χ2n) is 5.17. The Morgan fingerprint density at radius 3 is 2.55 bits per heavy atom. The molecule has 0 spiro atoms. The summed E-state index contributed by atoms with van der Waals surface area (Å²) in [5.41, 5.74) is 9.24. The van der Waals surface area contributed by atoms with Gasteiger partial charge in [-0.1, -0.05) is 17.7 Å². The quantitative estimate of drug-likeness (QED) is 0.919. The predicted octanol–water partition coefficient (Wildman–Crippen LogP) is 3.26. The minimum Gasteiger partial charge on any atom is -0.370 e. The number of halogens is 1. The first-order chi connectivity index (χ1) is 9.56. The molecule has 0 aliphatic heterocycles. The number of benzene rings is 1. The van der Waals surface area contributed by atoms with Crippen LogP contribution in [0.25, 0.3) is 0 Å². The molecule has 106 valence electrons. The monoisotopic (exact) mass is 289 g/mol. The molecule has 1 unspecified atom stereocenters. The SMILES string of the molecule is CC(N)Cc1ccc(N(C)Cc2ccncc2)cc1Cl. The lowest BCUT2D eigenvalue weighted by molar-refractivity contribution is 0.738. The lowest BCUT2D eigenvalue weighted by Crippen LogP contribution is -2.19. The number of aromatic nitrogens is 1. The highest BCUT2D eigenvalue weighted by Crippen LogP contribution is 2.24. The lowest BCUT2D eigenvalue weighted by atomic mass is 10.1. The van der Waals surface area contributed by atoms with E-state index >= 15 is 0 Å². The largest absolute Gasteiger partial charge is 0.370 e. The summed E-state index contributed by atoms with van der Waals surface area (Å²) in [6.45, 7) is 2.81. The number of rotatable bonds is 5. The van der Waals surface area contributed by atoms with Gasteiger partial charge in [0, 0.05) is 42.7 Å². The number of pyridine rings is 1. The average molecular weight is 290 g/mol. The molecule has 4 heteroatoms. The number of anilines is 1. The fourth-order valence-corrected chi connectivity index (χ4v) is 2.39. The second kappa shape index (κ2) is 6.73. The van der Waals surface area contributed by atoms with Crippen LogP contribution in [0.15, 0.2) is 42.7 Å². The maximum absolute atomic E-state index is 6.33. The molecule has 0 aliphatic rings. The van der Waals surface area contributed by atoms with Crippen LogP contribution in [0.1, 0.15) is 18.1 Å². The van der Waals surface area contributed by atoms with Crippen molar-refractivity contribution in [3.05, 3.63) is 58.9 Å². The number of nitrogens with two attached hydrogens (primary N) is 1. The average Bonchev–Trinajstić information content (AvgIpc) is 2.41. The fourth-order valence-electron chi connectivity index (χ4n) is 2.14. The first-order valence-electron chi connectivity index (χ1n) is 6.70. The highest BCUT2D eigenvalue weighted by atomic mass is 35.5. The predicted molar refractivity (Wildman–Crippen MR) is 85.1 cm³/mol. The summed E-state index contributed by atoms with van der Waals surface area (Å²) >= 11 is 6.33. The third kappa shape index (κ3) is 3.95. The van der Waals surface area contributed by atoms with Gasteiger partial charge in [-0.25, -0.2) is 0 Å². The molecule has 1 aromatic carbocycles. The zero-order valence-electron chi connectivity index (χ0n) is 11.9. The van der Waals surface area contributed by atoms with E-state index in [0.29, 0.717) is 0 Å². The second-order valence-corrected chi connectivity index (χ2v) is 5.58. The molecule has 1 aromatic heterocycles. The summed E-state index contributed by atoms with van der Waals surface area (Å²) in [4.78, 5) is 6.19. The van der Waals surface area contributed by atoms with E-state index in [1.165, 1.54) is 5.56 Å². The van der Waals surface area contributed by atoms with Gasteiger partial charge in [-0.05, 0) is 48.7 Å². The van der Waals surface area contributed by atoms with Crippen molar-refractivity contribution >= 4 is 17.3 Å². The summed E-state index contributed by atoms with van der Waals surface area (Å²) in [7, 11) is 2.05. The Morgan fingerprint density at radius 1 is 1.25 bits per heavy atom. The van der Waals surface area contributed by atoms with Crippen molar-refractivity contribution in [2.75, 3.05) is 11.9 Å². The van der Waals surface area contributed by atoms with Crippen LogP contribution < -0.4 is 10.6 Å². The van der Waals surface area contributed by atoms with Crippen molar-refractivity contribution in [2.24, 2.45) is 5.73 Å². The summed E-state index contributed by atoms with van der Waals surface area (Å²) in [6.07, 6.45) is 4.41. The lowest BCUT2D eigenvalue weighted by Gasteiger charge is -2.20. The van der Waals surface area contributed by atoms with E-state index in [2.05, 4.69) is 29.1 Å². The molecule has 0 aliphatic carbocycles. The van der Waals surface area contributed by atoms with Gasteiger partial charge >= 0.3 is 0 Å². The zero-order chi connectivity index (χ0) is 14.5. The molecular formula is C16H20ClN3. The summed E-state index contributed by atoms with van der Waals surface area (Å²) < 4.78 is 0. The maximum Gasteiger partial charge on any atom is 0.0459 e. The molecule has 0 radical (unpaired) electrons. The highest BCUT2D eigenvalue weighted by molar-refractivity contribution is 6.31. The Balaban J connectivity index is 2.11. The van der Waals surface area contributed by atoms with Gasteiger partial charge in [0.2, 0.25) is 0 Å².